The van der Waals surface area contributed by atoms with Gasteiger partial charge in [0.1, 0.15) is 12.0 Å². The van der Waals surface area contributed by atoms with Gasteiger partial charge in [-0.05, 0) is 18.2 Å². The number of hydrogen-bond donors (Lipinski definition) is 0. The minimum absolute atomic E-state index is 0.0762. The molecule has 1 amide bonds. The Morgan fingerprint density at radius 1 is 1.50 bits per heavy atom. The van der Waals surface area contributed by atoms with E-state index >= 15 is 0 Å². The van der Waals surface area contributed by atoms with Crippen LogP contribution in [0.25, 0.3) is 0 Å². The SMILES string of the molecule is CN(C)C(=O)COc1ccc(C=O)cc1Cl. The first-order valence-corrected chi connectivity index (χ1v) is 5.00. The largest absolute Gasteiger partial charge is 0.482 e. The smallest absolute Gasteiger partial charge is 0.259 e. The van der Waals surface area contributed by atoms with Crippen LogP contribution in [0.15, 0.2) is 18.2 Å². The monoisotopic (exact) mass is 241 g/mol. The molecule has 1 aromatic carbocycles. The van der Waals surface area contributed by atoms with Crippen LogP contribution in [0.3, 0.4) is 0 Å². The van der Waals surface area contributed by atoms with E-state index in [1.807, 2.05) is 0 Å². The summed E-state index contributed by atoms with van der Waals surface area (Å²) in [4.78, 5) is 23.1. The molecule has 0 heterocycles. The van der Waals surface area contributed by atoms with Crippen LogP contribution in [0.2, 0.25) is 5.02 Å². The normalized spacial score (nSPS) is 9.69. The summed E-state index contributed by atoms with van der Waals surface area (Å²) in [6.45, 7) is -0.0762. The molecular formula is C11H12ClNO3. The van der Waals surface area contributed by atoms with Crippen molar-refractivity contribution < 1.29 is 14.3 Å². The molecule has 0 radical (unpaired) electrons. The van der Waals surface area contributed by atoms with Gasteiger partial charge in [-0.15, -0.1) is 0 Å². The Morgan fingerprint density at radius 3 is 2.69 bits per heavy atom. The number of hydrogen-bond acceptors (Lipinski definition) is 3. The maximum Gasteiger partial charge on any atom is 0.259 e. The second-order valence-electron chi connectivity index (χ2n) is 3.38. The Labute approximate surface area is 98.8 Å². The molecular weight excluding hydrogens is 230 g/mol. The number of amides is 1. The first-order valence-electron chi connectivity index (χ1n) is 4.62. The summed E-state index contributed by atoms with van der Waals surface area (Å²) in [5.74, 6) is 0.234. The molecule has 0 saturated carbocycles. The molecule has 1 aromatic rings. The van der Waals surface area contributed by atoms with Gasteiger partial charge >= 0.3 is 0 Å². The molecule has 0 aliphatic rings. The summed E-state index contributed by atoms with van der Waals surface area (Å²) in [6, 6.07) is 4.63. The average molecular weight is 242 g/mol. The molecule has 0 unspecified atom stereocenters. The van der Waals surface area contributed by atoms with E-state index in [1.165, 1.54) is 11.0 Å². The summed E-state index contributed by atoms with van der Waals surface area (Å²) in [5, 5.41) is 0.316. The predicted molar refractivity (Wildman–Crippen MR) is 61.0 cm³/mol. The van der Waals surface area contributed by atoms with E-state index in [4.69, 9.17) is 16.3 Å². The molecule has 16 heavy (non-hydrogen) atoms. The topological polar surface area (TPSA) is 46.6 Å². The molecule has 0 fully saturated rings. The fourth-order valence-electron chi connectivity index (χ4n) is 0.976. The molecule has 4 nitrogen and oxygen atoms in total. The van der Waals surface area contributed by atoms with Crippen molar-refractivity contribution in [3.05, 3.63) is 28.8 Å². The number of nitrogens with zero attached hydrogens (tertiary/aromatic N) is 1. The molecule has 0 atom stereocenters. The minimum Gasteiger partial charge on any atom is -0.482 e. The molecule has 0 aromatic heterocycles. The summed E-state index contributed by atoms with van der Waals surface area (Å²) >= 11 is 5.86. The van der Waals surface area contributed by atoms with Gasteiger partial charge in [0.15, 0.2) is 6.61 Å². The number of carbonyl (C=O) groups is 2. The van der Waals surface area contributed by atoms with E-state index in [0.717, 1.165) is 0 Å². The van der Waals surface area contributed by atoms with E-state index in [9.17, 15) is 9.59 Å². The number of aldehydes is 1. The van der Waals surface area contributed by atoms with Crippen molar-refractivity contribution in [1.82, 2.24) is 4.90 Å². The quantitative estimate of drug-likeness (QED) is 0.753. The van der Waals surface area contributed by atoms with Gasteiger partial charge in [0, 0.05) is 19.7 Å². The Morgan fingerprint density at radius 2 is 2.19 bits per heavy atom. The molecule has 86 valence electrons. The van der Waals surface area contributed by atoms with Crippen LogP contribution in [0, 0.1) is 0 Å². The van der Waals surface area contributed by atoms with E-state index in [1.54, 1.807) is 26.2 Å². The Bertz CT molecular complexity index is 404. The number of benzene rings is 1. The van der Waals surface area contributed by atoms with Gasteiger partial charge in [0.25, 0.3) is 5.91 Å². The van der Waals surface area contributed by atoms with Crippen LogP contribution in [0.1, 0.15) is 10.4 Å². The lowest BCUT2D eigenvalue weighted by Gasteiger charge is -2.12. The first kappa shape index (κ1) is 12.5. The zero-order valence-electron chi connectivity index (χ0n) is 9.07. The standard InChI is InChI=1S/C11H12ClNO3/c1-13(2)11(15)7-16-10-4-3-8(6-14)5-9(10)12/h3-6H,7H2,1-2H3. The van der Waals surface area contributed by atoms with E-state index in [0.29, 0.717) is 22.6 Å². The number of carbonyl (C=O) groups excluding carboxylic acids is 2. The lowest BCUT2D eigenvalue weighted by atomic mass is 10.2. The minimum atomic E-state index is -0.157. The molecule has 1 rings (SSSR count). The highest BCUT2D eigenvalue weighted by atomic mass is 35.5. The first-order chi connectivity index (χ1) is 7.54. The van der Waals surface area contributed by atoms with Crippen LogP contribution in [-0.2, 0) is 4.79 Å². The molecule has 0 aliphatic carbocycles. The average Bonchev–Trinajstić information content (AvgIpc) is 2.26. The van der Waals surface area contributed by atoms with Crippen molar-refractivity contribution in [1.29, 1.82) is 0 Å². The van der Waals surface area contributed by atoms with Crippen molar-refractivity contribution in [3.8, 4) is 5.75 Å². The maximum atomic E-state index is 11.3. The van der Waals surface area contributed by atoms with Crippen molar-refractivity contribution >= 4 is 23.8 Å². The zero-order chi connectivity index (χ0) is 12.1. The number of likely N-dealkylation sites (N-methyl/N-ethyl adjacent to an activating group) is 1. The third-order valence-electron chi connectivity index (χ3n) is 1.94. The van der Waals surface area contributed by atoms with E-state index in [2.05, 4.69) is 0 Å². The van der Waals surface area contributed by atoms with E-state index < -0.39 is 0 Å². The Balaban J connectivity index is 2.68. The highest BCUT2D eigenvalue weighted by Crippen LogP contribution is 2.24. The predicted octanol–water partition coefficient (Wildman–Crippen LogP) is 1.62. The third kappa shape index (κ3) is 3.24. The molecule has 5 heteroatoms. The number of rotatable bonds is 4. The molecule has 0 bridgehead atoms. The maximum absolute atomic E-state index is 11.3. The Kier molecular flexibility index (Phi) is 4.31. The third-order valence-corrected chi connectivity index (χ3v) is 2.24. The highest BCUT2D eigenvalue weighted by molar-refractivity contribution is 6.32. The van der Waals surface area contributed by atoms with Gasteiger partial charge in [-0.2, -0.15) is 0 Å². The fourth-order valence-corrected chi connectivity index (χ4v) is 1.22. The van der Waals surface area contributed by atoms with Gasteiger partial charge in [0.05, 0.1) is 5.02 Å². The van der Waals surface area contributed by atoms with Gasteiger partial charge in [0.2, 0.25) is 0 Å². The number of halogens is 1. The second kappa shape index (κ2) is 5.51. The fraction of sp³-hybridized carbons (Fsp3) is 0.273. The molecule has 0 N–H and O–H groups in total. The van der Waals surface area contributed by atoms with Crippen molar-refractivity contribution in [2.24, 2.45) is 0 Å². The Hall–Kier alpha value is -1.55. The lowest BCUT2D eigenvalue weighted by molar-refractivity contribution is -0.130. The second-order valence-corrected chi connectivity index (χ2v) is 3.79. The van der Waals surface area contributed by atoms with Gasteiger partial charge < -0.3 is 9.64 Å². The van der Waals surface area contributed by atoms with Crippen LogP contribution < -0.4 is 4.74 Å². The molecule has 0 spiro atoms. The summed E-state index contributed by atoms with van der Waals surface area (Å²) in [6.07, 6.45) is 0.695. The van der Waals surface area contributed by atoms with Crippen LogP contribution in [-0.4, -0.2) is 37.8 Å². The van der Waals surface area contributed by atoms with Gasteiger partial charge in [-0.1, -0.05) is 11.6 Å². The van der Waals surface area contributed by atoms with Crippen molar-refractivity contribution in [2.45, 2.75) is 0 Å². The van der Waals surface area contributed by atoms with Crippen LogP contribution in [0.5, 0.6) is 5.75 Å². The zero-order valence-corrected chi connectivity index (χ0v) is 9.82. The summed E-state index contributed by atoms with van der Waals surface area (Å²) in [5.41, 5.74) is 0.469. The highest BCUT2D eigenvalue weighted by Gasteiger charge is 2.07. The van der Waals surface area contributed by atoms with Gasteiger partial charge in [-0.3, -0.25) is 9.59 Å². The summed E-state index contributed by atoms with van der Waals surface area (Å²) in [7, 11) is 3.28. The van der Waals surface area contributed by atoms with Crippen LogP contribution in [0.4, 0.5) is 0 Å². The molecule has 0 saturated heterocycles. The molecule has 0 aliphatic heterocycles. The van der Waals surface area contributed by atoms with Crippen molar-refractivity contribution in [2.75, 3.05) is 20.7 Å². The van der Waals surface area contributed by atoms with Crippen molar-refractivity contribution in [3.63, 3.8) is 0 Å². The lowest BCUT2D eigenvalue weighted by Crippen LogP contribution is -2.27. The number of ether oxygens (including phenoxy) is 1. The van der Waals surface area contributed by atoms with Crippen LogP contribution >= 0.6 is 11.6 Å². The summed E-state index contributed by atoms with van der Waals surface area (Å²) < 4.78 is 5.22. The van der Waals surface area contributed by atoms with E-state index in [-0.39, 0.29) is 12.5 Å². The van der Waals surface area contributed by atoms with Gasteiger partial charge in [-0.25, -0.2) is 0 Å².